The summed E-state index contributed by atoms with van der Waals surface area (Å²) in [5.74, 6) is 3.82. The van der Waals surface area contributed by atoms with Crippen LogP contribution < -0.4 is 0 Å². The second-order valence-electron chi connectivity index (χ2n) is 8.82. The van der Waals surface area contributed by atoms with E-state index >= 15 is 0 Å². The first-order chi connectivity index (χ1) is 9.95. The summed E-state index contributed by atoms with van der Waals surface area (Å²) >= 11 is 0. The summed E-state index contributed by atoms with van der Waals surface area (Å²) in [6.45, 7) is 4.72. The summed E-state index contributed by atoms with van der Waals surface area (Å²) in [5.41, 5.74) is 0.374. The SMILES string of the molecule is C[C@]12CCC(=O)C[C@@H]1CC[C@H]1[C@@H]2CC[C@@]2(C)C(=O)CC[C@@H]12. The lowest BCUT2D eigenvalue weighted by Crippen LogP contribution is -2.53. The van der Waals surface area contributed by atoms with E-state index in [0.717, 1.165) is 50.4 Å². The monoisotopic (exact) mass is 288 g/mol. The molecular weight excluding hydrogens is 260 g/mol. The zero-order valence-corrected chi connectivity index (χ0v) is 13.5. The Balaban J connectivity index is 1.65. The molecule has 116 valence electrons. The van der Waals surface area contributed by atoms with Gasteiger partial charge in [-0.15, -0.1) is 0 Å². The van der Waals surface area contributed by atoms with Crippen molar-refractivity contribution in [1.82, 2.24) is 0 Å². The molecule has 6 atom stereocenters. The third-order valence-electron chi connectivity index (χ3n) is 8.19. The van der Waals surface area contributed by atoms with Crippen LogP contribution in [0.3, 0.4) is 0 Å². The first kappa shape index (κ1) is 14.0. The standard InChI is InChI=1S/C19H28O2/c1-18-9-7-13(20)11-12(18)3-4-14-15-5-6-17(21)19(15,2)10-8-16(14)18/h12,14-16H,3-11H2,1-2H3/t12-,14+,15-,16-,18-,19+/m0/s1. The van der Waals surface area contributed by atoms with Crippen LogP contribution in [-0.4, -0.2) is 11.6 Å². The number of ketones is 2. The Morgan fingerprint density at radius 2 is 1.71 bits per heavy atom. The Labute approximate surface area is 128 Å². The minimum absolute atomic E-state index is 0.00511. The smallest absolute Gasteiger partial charge is 0.139 e. The van der Waals surface area contributed by atoms with Crippen LogP contribution >= 0.6 is 0 Å². The lowest BCUT2D eigenvalue weighted by atomic mass is 9.45. The molecule has 4 aliphatic carbocycles. The molecule has 0 spiro atoms. The molecule has 0 aromatic carbocycles. The molecule has 0 saturated heterocycles. The van der Waals surface area contributed by atoms with Crippen LogP contribution in [0.4, 0.5) is 0 Å². The van der Waals surface area contributed by atoms with Crippen molar-refractivity contribution in [3.05, 3.63) is 0 Å². The molecule has 0 N–H and O–H groups in total. The Morgan fingerprint density at radius 1 is 0.905 bits per heavy atom. The van der Waals surface area contributed by atoms with Gasteiger partial charge < -0.3 is 0 Å². The molecule has 2 heteroatoms. The fourth-order valence-electron chi connectivity index (χ4n) is 6.82. The molecule has 0 heterocycles. The molecule has 0 bridgehead atoms. The number of rotatable bonds is 0. The highest BCUT2D eigenvalue weighted by molar-refractivity contribution is 5.87. The lowest BCUT2D eigenvalue weighted by Gasteiger charge is -2.59. The number of Topliss-reactive ketones (excluding diaryl/α,β-unsaturated/α-hetero) is 2. The Kier molecular flexibility index (Phi) is 2.94. The third-order valence-corrected chi connectivity index (χ3v) is 8.19. The number of carbonyl (C=O) groups excluding carboxylic acids is 2. The van der Waals surface area contributed by atoms with E-state index in [1.807, 2.05) is 0 Å². The zero-order chi connectivity index (χ0) is 14.8. The molecule has 0 unspecified atom stereocenters. The van der Waals surface area contributed by atoms with Gasteiger partial charge in [-0.3, -0.25) is 9.59 Å². The highest BCUT2D eigenvalue weighted by atomic mass is 16.1. The third kappa shape index (κ3) is 1.77. The van der Waals surface area contributed by atoms with E-state index in [9.17, 15) is 9.59 Å². The van der Waals surface area contributed by atoms with Crippen molar-refractivity contribution in [2.24, 2.45) is 34.5 Å². The van der Waals surface area contributed by atoms with Gasteiger partial charge in [0.2, 0.25) is 0 Å². The summed E-state index contributed by atoms with van der Waals surface area (Å²) in [4.78, 5) is 24.2. The molecule has 4 fully saturated rings. The number of carbonyl (C=O) groups is 2. The van der Waals surface area contributed by atoms with Gasteiger partial charge in [0.1, 0.15) is 11.6 Å². The highest BCUT2D eigenvalue weighted by Crippen LogP contribution is 2.65. The first-order valence-corrected chi connectivity index (χ1v) is 9.00. The molecular formula is C19H28O2. The van der Waals surface area contributed by atoms with Gasteiger partial charge in [-0.05, 0) is 67.6 Å². The fraction of sp³-hybridized carbons (Fsp3) is 0.895. The predicted molar refractivity (Wildman–Crippen MR) is 81.7 cm³/mol. The van der Waals surface area contributed by atoms with Gasteiger partial charge in [-0.2, -0.15) is 0 Å². The van der Waals surface area contributed by atoms with Gasteiger partial charge in [0, 0.05) is 24.7 Å². The van der Waals surface area contributed by atoms with E-state index in [2.05, 4.69) is 13.8 Å². The molecule has 0 aromatic rings. The van der Waals surface area contributed by atoms with Crippen molar-refractivity contribution in [2.45, 2.75) is 71.6 Å². The quantitative estimate of drug-likeness (QED) is 0.670. The van der Waals surface area contributed by atoms with Gasteiger partial charge in [-0.1, -0.05) is 13.8 Å². The summed E-state index contributed by atoms with van der Waals surface area (Å²) in [7, 11) is 0. The van der Waals surface area contributed by atoms with Crippen molar-refractivity contribution in [3.8, 4) is 0 Å². The van der Waals surface area contributed by atoms with Gasteiger partial charge in [0.05, 0.1) is 0 Å². The van der Waals surface area contributed by atoms with Crippen molar-refractivity contribution in [2.75, 3.05) is 0 Å². The molecule has 4 aliphatic rings. The van der Waals surface area contributed by atoms with E-state index in [-0.39, 0.29) is 5.41 Å². The molecule has 2 nitrogen and oxygen atoms in total. The van der Waals surface area contributed by atoms with Crippen LogP contribution in [0.2, 0.25) is 0 Å². The van der Waals surface area contributed by atoms with Gasteiger partial charge in [0.25, 0.3) is 0 Å². The molecule has 0 radical (unpaired) electrons. The number of hydrogen-bond acceptors (Lipinski definition) is 2. The Hall–Kier alpha value is -0.660. The van der Waals surface area contributed by atoms with Gasteiger partial charge in [-0.25, -0.2) is 0 Å². The van der Waals surface area contributed by atoms with E-state index in [1.54, 1.807) is 0 Å². The minimum Gasteiger partial charge on any atom is -0.300 e. The largest absolute Gasteiger partial charge is 0.300 e. The summed E-state index contributed by atoms with van der Waals surface area (Å²) in [6.07, 6.45) is 9.53. The molecule has 4 rings (SSSR count). The normalized spacial score (nSPS) is 53.0. The summed E-state index contributed by atoms with van der Waals surface area (Å²) in [5, 5.41) is 0. The van der Waals surface area contributed by atoms with Gasteiger partial charge >= 0.3 is 0 Å². The fourth-order valence-corrected chi connectivity index (χ4v) is 6.82. The zero-order valence-electron chi connectivity index (χ0n) is 13.5. The number of fused-ring (bicyclic) bond motifs is 5. The summed E-state index contributed by atoms with van der Waals surface area (Å²) < 4.78 is 0. The van der Waals surface area contributed by atoms with Crippen LogP contribution in [0.25, 0.3) is 0 Å². The summed E-state index contributed by atoms with van der Waals surface area (Å²) in [6, 6.07) is 0. The number of hydrogen-bond donors (Lipinski definition) is 0. The van der Waals surface area contributed by atoms with Crippen LogP contribution in [0.5, 0.6) is 0 Å². The van der Waals surface area contributed by atoms with E-state index < -0.39 is 0 Å². The average molecular weight is 288 g/mol. The second kappa shape index (κ2) is 4.43. The van der Waals surface area contributed by atoms with Crippen molar-refractivity contribution < 1.29 is 9.59 Å². The highest BCUT2D eigenvalue weighted by Gasteiger charge is 2.60. The topological polar surface area (TPSA) is 34.1 Å². The first-order valence-electron chi connectivity index (χ1n) is 9.00. The maximum Gasteiger partial charge on any atom is 0.139 e. The van der Waals surface area contributed by atoms with E-state index in [4.69, 9.17) is 0 Å². The average Bonchev–Trinajstić information content (AvgIpc) is 2.76. The van der Waals surface area contributed by atoms with Crippen molar-refractivity contribution in [3.63, 3.8) is 0 Å². The van der Waals surface area contributed by atoms with E-state index in [0.29, 0.717) is 28.8 Å². The molecule has 21 heavy (non-hydrogen) atoms. The van der Waals surface area contributed by atoms with Crippen LogP contribution in [0.15, 0.2) is 0 Å². The van der Waals surface area contributed by atoms with Crippen molar-refractivity contribution >= 4 is 11.6 Å². The van der Waals surface area contributed by atoms with E-state index in [1.165, 1.54) is 19.3 Å². The lowest BCUT2D eigenvalue weighted by molar-refractivity contribution is -0.144. The maximum absolute atomic E-state index is 12.4. The molecule has 0 aliphatic heterocycles. The van der Waals surface area contributed by atoms with Crippen LogP contribution in [0, 0.1) is 34.5 Å². The molecule has 0 aromatic heterocycles. The van der Waals surface area contributed by atoms with Crippen molar-refractivity contribution in [1.29, 1.82) is 0 Å². The molecule has 4 saturated carbocycles. The minimum atomic E-state index is -0.00511. The van der Waals surface area contributed by atoms with Crippen LogP contribution in [0.1, 0.15) is 71.6 Å². The Morgan fingerprint density at radius 3 is 2.52 bits per heavy atom. The maximum atomic E-state index is 12.4. The van der Waals surface area contributed by atoms with Crippen LogP contribution in [-0.2, 0) is 9.59 Å². The van der Waals surface area contributed by atoms with Gasteiger partial charge in [0.15, 0.2) is 0 Å². The second-order valence-corrected chi connectivity index (χ2v) is 8.82. The molecule has 0 amide bonds. The Bertz CT molecular complexity index is 496. The predicted octanol–water partition coefficient (Wildman–Crippen LogP) is 4.17.